The van der Waals surface area contributed by atoms with E-state index >= 15 is 0 Å². The van der Waals surface area contributed by atoms with Gasteiger partial charge in [0.15, 0.2) is 0 Å². The average Bonchev–Trinajstić information content (AvgIpc) is 2.39. The van der Waals surface area contributed by atoms with Crippen molar-refractivity contribution < 1.29 is 16.8 Å². The molecule has 1 heterocycles. The van der Waals surface area contributed by atoms with E-state index in [4.69, 9.17) is 11.6 Å². The molecular weight excluding hydrogens is 336 g/mol. The first-order valence-electron chi connectivity index (χ1n) is 6.55. The maximum atomic E-state index is 12.1. The number of hydrogen-bond donors (Lipinski definition) is 1. The molecule has 6 nitrogen and oxygen atoms in total. The molecule has 2 rings (SSSR count). The van der Waals surface area contributed by atoms with Crippen molar-refractivity contribution in [1.82, 2.24) is 0 Å². The van der Waals surface area contributed by atoms with Crippen LogP contribution in [0.25, 0.3) is 0 Å². The molecule has 1 fully saturated rings. The van der Waals surface area contributed by atoms with Crippen molar-refractivity contribution in [2.75, 3.05) is 27.1 Å². The summed E-state index contributed by atoms with van der Waals surface area (Å²) in [6, 6.07) is 4.46. The Morgan fingerprint density at radius 2 is 2.05 bits per heavy atom. The highest BCUT2D eigenvalue weighted by Gasteiger charge is 2.27. The van der Waals surface area contributed by atoms with E-state index in [9.17, 15) is 16.8 Å². The van der Waals surface area contributed by atoms with E-state index < -0.39 is 20.0 Å². The van der Waals surface area contributed by atoms with Crippen molar-refractivity contribution in [3.8, 4) is 0 Å². The van der Waals surface area contributed by atoms with E-state index in [1.807, 2.05) is 0 Å². The van der Waals surface area contributed by atoms with Crippen LogP contribution >= 0.6 is 11.6 Å². The summed E-state index contributed by atoms with van der Waals surface area (Å²) < 4.78 is 50.8. The van der Waals surface area contributed by atoms with E-state index in [-0.39, 0.29) is 16.5 Å². The van der Waals surface area contributed by atoms with Gasteiger partial charge in [-0.2, -0.15) is 0 Å². The van der Waals surface area contributed by atoms with Gasteiger partial charge in [-0.1, -0.05) is 11.6 Å². The quantitative estimate of drug-likeness (QED) is 0.898. The van der Waals surface area contributed by atoms with E-state index in [1.165, 1.54) is 29.4 Å². The summed E-state index contributed by atoms with van der Waals surface area (Å²) in [6.45, 7) is 1.92. The van der Waals surface area contributed by atoms with Crippen molar-refractivity contribution in [3.05, 3.63) is 23.2 Å². The zero-order chi connectivity index (χ0) is 15.7. The molecule has 0 aromatic heterocycles. The highest BCUT2D eigenvalue weighted by Crippen LogP contribution is 2.33. The standard InChI is InChI=1S/C12H17ClN2O4S2/c1-2-20(16,17)14-10-5-6-12(11(13)9-10)15-7-3-4-8-21(15,18)19/h5-6,9,14H,2-4,7-8H2,1H3. The van der Waals surface area contributed by atoms with Gasteiger partial charge in [-0.3, -0.25) is 9.03 Å². The lowest BCUT2D eigenvalue weighted by Crippen LogP contribution is -2.38. The van der Waals surface area contributed by atoms with Crippen molar-refractivity contribution in [2.24, 2.45) is 0 Å². The maximum absolute atomic E-state index is 12.1. The molecule has 1 aliphatic rings. The number of rotatable bonds is 4. The normalized spacial score (nSPS) is 18.5. The van der Waals surface area contributed by atoms with Gasteiger partial charge in [0.25, 0.3) is 0 Å². The summed E-state index contributed by atoms with van der Waals surface area (Å²) in [5.41, 5.74) is 0.704. The third kappa shape index (κ3) is 3.81. The minimum Gasteiger partial charge on any atom is -0.284 e. The zero-order valence-electron chi connectivity index (χ0n) is 11.5. The molecule has 0 amide bonds. The molecule has 0 radical (unpaired) electrons. The Bertz CT molecular complexity index is 732. The molecular formula is C12H17ClN2O4S2. The van der Waals surface area contributed by atoms with Gasteiger partial charge >= 0.3 is 0 Å². The Morgan fingerprint density at radius 1 is 1.33 bits per heavy atom. The van der Waals surface area contributed by atoms with E-state index in [1.54, 1.807) is 0 Å². The van der Waals surface area contributed by atoms with Gasteiger partial charge in [0, 0.05) is 6.54 Å². The number of nitrogens with zero attached hydrogens (tertiary/aromatic N) is 1. The van der Waals surface area contributed by atoms with Crippen LogP contribution < -0.4 is 9.03 Å². The number of hydrogen-bond acceptors (Lipinski definition) is 4. The van der Waals surface area contributed by atoms with E-state index in [2.05, 4.69) is 4.72 Å². The van der Waals surface area contributed by atoms with Crippen molar-refractivity contribution >= 4 is 43.0 Å². The van der Waals surface area contributed by atoms with Crippen LogP contribution in [-0.4, -0.2) is 34.9 Å². The summed E-state index contributed by atoms with van der Waals surface area (Å²) in [7, 11) is -6.73. The number of sulfonamides is 2. The molecule has 0 saturated carbocycles. The fourth-order valence-corrected chi connectivity index (χ4v) is 4.70. The van der Waals surface area contributed by atoms with Gasteiger partial charge < -0.3 is 0 Å². The molecule has 1 N–H and O–H groups in total. The van der Waals surface area contributed by atoms with Crippen LogP contribution in [-0.2, 0) is 20.0 Å². The molecule has 0 spiro atoms. The van der Waals surface area contributed by atoms with Crippen molar-refractivity contribution in [2.45, 2.75) is 19.8 Å². The molecule has 118 valence electrons. The molecule has 9 heteroatoms. The van der Waals surface area contributed by atoms with Crippen molar-refractivity contribution in [3.63, 3.8) is 0 Å². The average molecular weight is 353 g/mol. The van der Waals surface area contributed by atoms with Crippen LogP contribution in [0.1, 0.15) is 19.8 Å². The van der Waals surface area contributed by atoms with Gasteiger partial charge in [0.05, 0.1) is 27.9 Å². The molecule has 21 heavy (non-hydrogen) atoms. The third-order valence-electron chi connectivity index (χ3n) is 3.22. The van der Waals surface area contributed by atoms with Crippen LogP contribution in [0.3, 0.4) is 0 Å². The summed E-state index contributed by atoms with van der Waals surface area (Å²) in [4.78, 5) is 0. The van der Waals surface area contributed by atoms with E-state index in [0.717, 1.165) is 6.42 Å². The molecule has 1 saturated heterocycles. The third-order valence-corrected chi connectivity index (χ3v) is 6.68. The lowest BCUT2D eigenvalue weighted by Gasteiger charge is -2.29. The Kier molecular flexibility index (Phi) is 4.69. The number of anilines is 2. The van der Waals surface area contributed by atoms with Gasteiger partial charge in [-0.15, -0.1) is 0 Å². The van der Waals surface area contributed by atoms with Crippen LogP contribution in [0.2, 0.25) is 5.02 Å². The summed E-state index contributed by atoms with van der Waals surface area (Å²) in [5.74, 6) is 0.0560. The largest absolute Gasteiger partial charge is 0.284 e. The summed E-state index contributed by atoms with van der Waals surface area (Å²) in [6.07, 6.45) is 1.42. The monoisotopic (exact) mass is 352 g/mol. The smallest absolute Gasteiger partial charge is 0.235 e. The van der Waals surface area contributed by atoms with Gasteiger partial charge in [-0.25, -0.2) is 16.8 Å². The lowest BCUT2D eigenvalue weighted by molar-refractivity contribution is 0.574. The minimum atomic E-state index is -3.39. The highest BCUT2D eigenvalue weighted by atomic mass is 35.5. The molecule has 0 aliphatic carbocycles. The number of nitrogens with one attached hydrogen (secondary N) is 1. The second-order valence-electron chi connectivity index (χ2n) is 4.77. The first kappa shape index (κ1) is 16.4. The molecule has 1 aliphatic heterocycles. The summed E-state index contributed by atoms with van der Waals surface area (Å²) >= 11 is 6.12. The molecule has 0 atom stereocenters. The number of halogens is 1. The topological polar surface area (TPSA) is 83.6 Å². The maximum Gasteiger partial charge on any atom is 0.235 e. The van der Waals surface area contributed by atoms with Gasteiger partial charge in [0.1, 0.15) is 0 Å². The van der Waals surface area contributed by atoms with Crippen molar-refractivity contribution in [1.29, 1.82) is 0 Å². The fraction of sp³-hybridized carbons (Fsp3) is 0.500. The van der Waals surface area contributed by atoms with Crippen LogP contribution in [0.5, 0.6) is 0 Å². The first-order valence-corrected chi connectivity index (χ1v) is 10.2. The molecule has 0 bridgehead atoms. The van der Waals surface area contributed by atoms with Crippen LogP contribution in [0.15, 0.2) is 18.2 Å². The van der Waals surface area contributed by atoms with Gasteiger partial charge in [0.2, 0.25) is 20.0 Å². The molecule has 1 aromatic carbocycles. The van der Waals surface area contributed by atoms with E-state index in [0.29, 0.717) is 24.3 Å². The second kappa shape index (κ2) is 6.02. The number of benzene rings is 1. The minimum absolute atomic E-state index is 0.0487. The molecule has 1 aromatic rings. The summed E-state index contributed by atoms with van der Waals surface area (Å²) in [5, 5.41) is 0.205. The SMILES string of the molecule is CCS(=O)(=O)Nc1ccc(N2CCCCS2(=O)=O)c(Cl)c1. The Labute approximate surface area is 130 Å². The Balaban J connectivity index is 2.32. The molecule has 0 unspecified atom stereocenters. The fourth-order valence-electron chi connectivity index (χ4n) is 2.08. The predicted molar refractivity (Wildman–Crippen MR) is 84.9 cm³/mol. The Morgan fingerprint density at radius 3 is 2.62 bits per heavy atom. The highest BCUT2D eigenvalue weighted by molar-refractivity contribution is 7.93. The lowest BCUT2D eigenvalue weighted by atomic mass is 10.2. The second-order valence-corrected chi connectivity index (χ2v) is 9.20. The zero-order valence-corrected chi connectivity index (χ0v) is 13.9. The van der Waals surface area contributed by atoms with Crippen LogP contribution in [0.4, 0.5) is 11.4 Å². The first-order chi connectivity index (χ1) is 9.75. The predicted octanol–water partition coefficient (Wildman–Crippen LogP) is 2.03. The van der Waals surface area contributed by atoms with Gasteiger partial charge in [-0.05, 0) is 38.0 Å². The van der Waals surface area contributed by atoms with Crippen LogP contribution in [0, 0.1) is 0 Å². The Hall–Kier alpha value is -0.990.